The van der Waals surface area contributed by atoms with E-state index in [-0.39, 0.29) is 36.1 Å². The van der Waals surface area contributed by atoms with Crippen LogP contribution >= 0.6 is 22.7 Å². The van der Waals surface area contributed by atoms with E-state index in [0.29, 0.717) is 12.1 Å². The molecule has 0 amide bonds. The Morgan fingerprint density at radius 3 is 1.30 bits per heavy atom. The summed E-state index contributed by atoms with van der Waals surface area (Å²) in [7, 11) is 4.32. The maximum atomic E-state index is 12.2. The molecule has 0 fully saturated rings. The fourth-order valence-electron chi connectivity index (χ4n) is 5.95. The molecule has 74 heavy (non-hydrogen) atoms. The summed E-state index contributed by atoms with van der Waals surface area (Å²) in [4.78, 5) is 55.4. The third kappa shape index (κ3) is 22.9. The van der Waals surface area contributed by atoms with Crippen LogP contribution in [0.2, 0.25) is 0 Å². The van der Waals surface area contributed by atoms with E-state index in [1.165, 1.54) is 27.5 Å². The van der Waals surface area contributed by atoms with E-state index >= 15 is 0 Å². The quantitative estimate of drug-likeness (QED) is 0.0335. The number of nitrogens with one attached hydrogen (secondary N) is 1. The first kappa shape index (κ1) is 61.4. The molecule has 3 N–H and O–H groups in total. The number of carbonyl (C=O) groups excluding carboxylic acids is 4. The number of fused-ring (bicyclic) bond motifs is 2. The summed E-state index contributed by atoms with van der Waals surface area (Å²) in [6, 6.07) is 44.6. The van der Waals surface area contributed by atoms with E-state index in [0.717, 1.165) is 80.3 Å². The average Bonchev–Trinajstić information content (AvgIpc) is 4.00. The maximum absolute atomic E-state index is 12.2. The number of aldehydes is 1. The van der Waals surface area contributed by atoms with Gasteiger partial charge in [-0.2, -0.15) is 13.2 Å². The van der Waals surface area contributed by atoms with Crippen molar-refractivity contribution in [3.63, 3.8) is 0 Å². The molecular weight excluding hydrogens is 996 g/mol. The number of rotatable bonds is 10. The van der Waals surface area contributed by atoms with Gasteiger partial charge in [0.05, 0.1) is 26.9 Å². The second-order valence-electron chi connectivity index (χ2n) is 15.8. The van der Waals surface area contributed by atoms with Crippen LogP contribution in [0.4, 0.5) is 24.5 Å². The molecule has 0 saturated heterocycles. The number of hydrogen-bond acceptors (Lipinski definition) is 13. The number of benzene rings is 6. The van der Waals surface area contributed by atoms with Crippen LogP contribution in [0.5, 0.6) is 0 Å². The van der Waals surface area contributed by atoms with Gasteiger partial charge in [0.2, 0.25) is 5.97 Å². The Kier molecular flexibility index (Phi) is 26.3. The van der Waals surface area contributed by atoms with Gasteiger partial charge in [0.1, 0.15) is 16.3 Å². The zero-order valence-electron chi connectivity index (χ0n) is 42.1. The molecule has 0 atom stereocenters. The molecule has 0 aliphatic heterocycles. The Hall–Kier alpha value is -6.89. The van der Waals surface area contributed by atoms with Crippen LogP contribution in [0.25, 0.3) is 65.9 Å². The second kappa shape index (κ2) is 31.6. The van der Waals surface area contributed by atoms with Gasteiger partial charge in [0, 0.05) is 56.2 Å². The SMILES string of the molecule is CC(=O)OOC(C)=O.CCC=O.Cc1ccc2nc(-c3ccc(/C=C/c4ccc(N)cc4)cc3)sc2c1.Cc1ccc2nc(-c3ccc(/C=C/c4ccc(NCCC(F)(F)F)cc4)cc3)sc2c1.[B-]OC(C)=O.[Na+]. The molecule has 0 aliphatic rings. The van der Waals surface area contributed by atoms with E-state index in [2.05, 4.69) is 139 Å². The van der Waals surface area contributed by atoms with Crippen LogP contribution in [0, 0.1) is 13.8 Å². The number of hydrogen-bond donors (Lipinski definition) is 2. The standard InChI is InChI=1S/C25H21F3N2S.C22H18N2S.C4H6O4.C3H6O.C2H3BO2.Na/c1-17-2-13-22-23(16-17)31-24(30-22)20-9-5-18(6-10-20)3-4-19-7-11-21(12-8-19)29-15-14-25(26,27)28;1-15-2-13-20-21(14-15)25-22(24-20)18-9-5-16(6-10-18)3-4-17-7-11-19(23)12-8-17;1-3(5)7-8-4(2)6;1-2-3-4;1-2(4)5-3;/h2-13,16,29H,14-15H2,1H3;2-14H,23H2,1H3;1-2H3;3H,2H2,1H3;1H3;/q;;;;-1;+1/b2*4-3+;;;;. The molecule has 0 unspecified atom stereocenters. The molecule has 0 aliphatic carbocycles. The molecule has 0 saturated carbocycles. The first-order valence-corrected chi connectivity index (χ1v) is 24.2. The van der Waals surface area contributed by atoms with Crippen LogP contribution in [0.1, 0.15) is 73.9 Å². The summed E-state index contributed by atoms with van der Waals surface area (Å²) in [5, 5.41) is 4.86. The summed E-state index contributed by atoms with van der Waals surface area (Å²) < 4.78 is 42.7. The smallest absolute Gasteiger partial charge is 0.793 e. The van der Waals surface area contributed by atoms with E-state index in [1.807, 2.05) is 55.5 Å². The summed E-state index contributed by atoms with van der Waals surface area (Å²) in [6.45, 7) is 9.40. The monoisotopic (exact) mass is 1050 g/mol. The number of nitrogen functional groups attached to an aromatic ring is 1. The fraction of sp³-hybridized carbons (Fsp3) is 0.179. The summed E-state index contributed by atoms with van der Waals surface area (Å²) in [5.41, 5.74) is 18.4. The van der Waals surface area contributed by atoms with Gasteiger partial charge in [-0.15, -0.1) is 22.7 Å². The molecule has 3 radical (unpaired) electrons. The van der Waals surface area contributed by atoms with Gasteiger partial charge < -0.3 is 28.5 Å². The molecule has 0 spiro atoms. The van der Waals surface area contributed by atoms with Gasteiger partial charge in [-0.1, -0.05) is 116 Å². The van der Waals surface area contributed by atoms with Crippen molar-refractivity contribution >= 4 is 111 Å². The Morgan fingerprint density at radius 1 is 0.622 bits per heavy atom. The minimum atomic E-state index is -4.14. The van der Waals surface area contributed by atoms with E-state index in [4.69, 9.17) is 15.7 Å². The molecule has 8 aromatic rings. The summed E-state index contributed by atoms with van der Waals surface area (Å²) in [5.74, 6) is -1.74. The number of aryl methyl sites for hydroxylation is 2. The third-order valence-electron chi connectivity index (χ3n) is 9.53. The molecule has 6 aromatic carbocycles. The molecule has 11 nitrogen and oxygen atoms in total. The van der Waals surface area contributed by atoms with Gasteiger partial charge in [0.15, 0.2) is 0 Å². The van der Waals surface area contributed by atoms with Crippen molar-refractivity contribution < 1.29 is 76.3 Å². The van der Waals surface area contributed by atoms with Crippen LogP contribution in [0.3, 0.4) is 0 Å². The Balaban J connectivity index is 0.000000298. The number of carbonyl (C=O) groups is 4. The third-order valence-corrected chi connectivity index (χ3v) is 11.7. The largest absolute Gasteiger partial charge is 1.00 e. The molecular formula is C56H54BF3N4NaO7S2. The van der Waals surface area contributed by atoms with Gasteiger partial charge in [-0.25, -0.2) is 29.3 Å². The van der Waals surface area contributed by atoms with E-state index in [9.17, 15) is 32.3 Å². The number of halogens is 3. The number of anilines is 2. The first-order valence-electron chi connectivity index (χ1n) is 22.6. The van der Waals surface area contributed by atoms with E-state index < -0.39 is 30.5 Å². The van der Waals surface area contributed by atoms with Crippen LogP contribution < -0.4 is 40.6 Å². The topological polar surface area (TPSA) is 160 Å². The van der Waals surface area contributed by atoms with Crippen molar-refractivity contribution in [2.24, 2.45) is 0 Å². The maximum Gasteiger partial charge on any atom is 1.00 e. The van der Waals surface area contributed by atoms with Crippen LogP contribution in [0.15, 0.2) is 133 Å². The van der Waals surface area contributed by atoms with Crippen LogP contribution in [-0.4, -0.2) is 54.9 Å². The molecule has 8 rings (SSSR count). The van der Waals surface area contributed by atoms with Gasteiger partial charge in [-0.05, 0) is 95.8 Å². The van der Waals surface area contributed by atoms with Gasteiger partial charge >= 0.3 is 47.7 Å². The van der Waals surface area contributed by atoms with Crippen molar-refractivity contribution in [1.29, 1.82) is 0 Å². The summed E-state index contributed by atoms with van der Waals surface area (Å²) >= 11 is 3.43. The number of thiazole rings is 2. The number of alkyl halides is 3. The van der Waals surface area contributed by atoms with Crippen molar-refractivity contribution in [2.45, 2.75) is 60.6 Å². The molecule has 0 bridgehead atoms. The van der Waals surface area contributed by atoms with Gasteiger partial charge in [-0.3, -0.25) is 4.79 Å². The zero-order valence-corrected chi connectivity index (χ0v) is 45.7. The number of aromatic nitrogens is 2. The molecule has 18 heteroatoms. The Labute approximate surface area is 460 Å². The normalized spacial score (nSPS) is 10.5. The number of nitrogens with zero attached hydrogens (tertiary/aromatic N) is 2. The van der Waals surface area contributed by atoms with Crippen molar-refractivity contribution in [3.05, 3.63) is 167 Å². The molecule has 2 aromatic heterocycles. The van der Waals surface area contributed by atoms with E-state index in [1.54, 1.807) is 34.8 Å². The predicted molar refractivity (Wildman–Crippen MR) is 291 cm³/mol. The van der Waals surface area contributed by atoms with Crippen molar-refractivity contribution in [2.75, 3.05) is 17.6 Å². The van der Waals surface area contributed by atoms with Crippen molar-refractivity contribution in [1.82, 2.24) is 9.97 Å². The first-order chi connectivity index (χ1) is 34.8. The van der Waals surface area contributed by atoms with Crippen LogP contribution in [-0.2, 0) is 33.6 Å². The Morgan fingerprint density at radius 2 is 0.973 bits per heavy atom. The fourth-order valence-corrected chi connectivity index (χ4v) is 8.09. The Bertz CT molecular complexity index is 3080. The summed E-state index contributed by atoms with van der Waals surface area (Å²) in [6.07, 6.45) is 4.72. The number of nitrogens with two attached hydrogens (primary N) is 1. The minimum absolute atomic E-state index is 0. The minimum Gasteiger partial charge on any atom is -0.793 e. The predicted octanol–water partition coefficient (Wildman–Crippen LogP) is 11.1. The second-order valence-corrected chi connectivity index (χ2v) is 17.9. The van der Waals surface area contributed by atoms with Gasteiger partial charge in [0.25, 0.3) is 0 Å². The van der Waals surface area contributed by atoms with Crippen molar-refractivity contribution in [3.8, 4) is 21.1 Å². The zero-order chi connectivity index (χ0) is 53.3. The molecule has 2 heterocycles. The molecule has 377 valence electrons. The average molecular weight is 1050 g/mol.